The van der Waals surface area contributed by atoms with Gasteiger partial charge in [-0.25, -0.2) is 0 Å². The summed E-state index contributed by atoms with van der Waals surface area (Å²) >= 11 is 0. The lowest BCUT2D eigenvalue weighted by atomic mass is 9.57. The Labute approximate surface area is 92.8 Å². The van der Waals surface area contributed by atoms with Crippen LogP contribution in [0.4, 0.5) is 0 Å². The molecule has 0 amide bonds. The van der Waals surface area contributed by atoms with Crippen molar-refractivity contribution in [3.05, 3.63) is 0 Å². The normalized spacial score (nSPS) is 37.6. The molecule has 1 unspecified atom stereocenters. The average molecular weight is 209 g/mol. The van der Waals surface area contributed by atoms with Gasteiger partial charge in [-0.15, -0.1) is 0 Å². The van der Waals surface area contributed by atoms with E-state index in [0.29, 0.717) is 11.5 Å². The molecule has 1 atom stereocenters. The van der Waals surface area contributed by atoms with Gasteiger partial charge in [0.15, 0.2) is 0 Å². The van der Waals surface area contributed by atoms with Crippen LogP contribution in [0.3, 0.4) is 0 Å². The summed E-state index contributed by atoms with van der Waals surface area (Å²) in [6, 6.07) is 0.645. The van der Waals surface area contributed by atoms with Gasteiger partial charge in [0.1, 0.15) is 0 Å². The van der Waals surface area contributed by atoms with Crippen molar-refractivity contribution in [1.29, 1.82) is 0 Å². The number of morpholine rings is 1. The lowest BCUT2D eigenvalue weighted by Crippen LogP contribution is -2.66. The first-order chi connectivity index (χ1) is 7.10. The van der Waals surface area contributed by atoms with E-state index in [1.165, 1.54) is 32.1 Å². The van der Waals surface area contributed by atoms with Crippen LogP contribution in [0.1, 0.15) is 46.0 Å². The molecule has 15 heavy (non-hydrogen) atoms. The van der Waals surface area contributed by atoms with Crippen LogP contribution >= 0.6 is 0 Å². The molecule has 1 spiro atoms. The van der Waals surface area contributed by atoms with E-state index >= 15 is 0 Å². The van der Waals surface area contributed by atoms with E-state index < -0.39 is 0 Å². The minimum atomic E-state index is 0.213. The third-order valence-corrected chi connectivity index (χ3v) is 4.34. The summed E-state index contributed by atoms with van der Waals surface area (Å²) in [4.78, 5) is 0. The van der Waals surface area contributed by atoms with Crippen LogP contribution in [-0.2, 0) is 4.74 Å². The molecule has 0 aromatic heterocycles. The molecule has 1 heterocycles. The molecule has 2 heteroatoms. The van der Waals surface area contributed by atoms with Gasteiger partial charge in [-0.1, -0.05) is 26.7 Å². The Morgan fingerprint density at radius 1 is 1.27 bits per heavy atom. The van der Waals surface area contributed by atoms with Gasteiger partial charge in [-0.05, 0) is 30.6 Å². The Hall–Kier alpha value is -0.0800. The Balaban J connectivity index is 1.67. The second kappa shape index (κ2) is 3.21. The monoisotopic (exact) mass is 209 g/mol. The molecule has 0 aromatic carbocycles. The van der Waals surface area contributed by atoms with Crippen molar-refractivity contribution in [3.8, 4) is 0 Å². The zero-order valence-electron chi connectivity index (χ0n) is 10.0. The number of ether oxygens (including phenoxy) is 1. The van der Waals surface area contributed by atoms with Crippen LogP contribution in [0.5, 0.6) is 0 Å². The van der Waals surface area contributed by atoms with Crippen molar-refractivity contribution in [2.75, 3.05) is 13.2 Å². The van der Waals surface area contributed by atoms with Gasteiger partial charge >= 0.3 is 0 Å². The van der Waals surface area contributed by atoms with Gasteiger partial charge in [0.2, 0.25) is 0 Å². The number of rotatable bonds is 2. The molecule has 3 fully saturated rings. The van der Waals surface area contributed by atoms with Crippen LogP contribution in [0.2, 0.25) is 0 Å². The third kappa shape index (κ3) is 1.83. The molecule has 3 rings (SSSR count). The molecule has 0 aromatic rings. The minimum absolute atomic E-state index is 0.213. The quantitative estimate of drug-likeness (QED) is 0.753. The second-order valence-electron chi connectivity index (χ2n) is 6.62. The number of nitrogens with one attached hydrogen (secondary N) is 1. The molecule has 0 bridgehead atoms. The first-order valence-electron chi connectivity index (χ1n) is 6.47. The predicted octanol–water partition coefficient (Wildman–Crippen LogP) is 2.33. The van der Waals surface area contributed by atoms with Crippen molar-refractivity contribution in [2.45, 2.75) is 57.6 Å². The smallest absolute Gasteiger partial charge is 0.0845 e. The second-order valence-corrected chi connectivity index (χ2v) is 6.62. The summed E-state index contributed by atoms with van der Waals surface area (Å²) in [5, 5.41) is 3.70. The van der Waals surface area contributed by atoms with Crippen molar-refractivity contribution in [1.82, 2.24) is 5.32 Å². The first kappa shape index (κ1) is 10.1. The molecule has 1 N–H and O–H groups in total. The van der Waals surface area contributed by atoms with Crippen LogP contribution in [0.25, 0.3) is 0 Å². The summed E-state index contributed by atoms with van der Waals surface area (Å²) in [6.45, 7) is 6.70. The largest absolute Gasteiger partial charge is 0.372 e. The summed E-state index contributed by atoms with van der Waals surface area (Å²) in [7, 11) is 0. The molecule has 1 aliphatic heterocycles. The van der Waals surface area contributed by atoms with E-state index in [1.54, 1.807) is 0 Å². The highest BCUT2D eigenvalue weighted by Crippen LogP contribution is 2.54. The van der Waals surface area contributed by atoms with Gasteiger partial charge in [-0.3, -0.25) is 0 Å². The molecular weight excluding hydrogens is 186 g/mol. The fourth-order valence-corrected chi connectivity index (χ4v) is 3.68. The molecule has 86 valence electrons. The van der Waals surface area contributed by atoms with Crippen LogP contribution in [-0.4, -0.2) is 24.8 Å². The highest BCUT2D eigenvalue weighted by molar-refractivity contribution is 5.10. The van der Waals surface area contributed by atoms with Gasteiger partial charge in [-0.2, -0.15) is 0 Å². The SMILES string of the molecule is CC1(C)CC2(C1)OCCNC2CC1CC1. The molecule has 2 saturated carbocycles. The van der Waals surface area contributed by atoms with Crippen LogP contribution < -0.4 is 5.32 Å². The first-order valence-corrected chi connectivity index (χ1v) is 6.47. The molecule has 1 saturated heterocycles. The number of hydrogen-bond donors (Lipinski definition) is 1. The van der Waals surface area contributed by atoms with Gasteiger partial charge in [0.05, 0.1) is 12.2 Å². The predicted molar refractivity (Wildman–Crippen MR) is 60.8 cm³/mol. The highest BCUT2D eigenvalue weighted by atomic mass is 16.5. The molecule has 3 aliphatic rings. The maximum Gasteiger partial charge on any atom is 0.0845 e. The molecular formula is C13H23NO. The van der Waals surface area contributed by atoms with E-state index in [1.807, 2.05) is 0 Å². The van der Waals surface area contributed by atoms with E-state index in [0.717, 1.165) is 19.1 Å². The van der Waals surface area contributed by atoms with Gasteiger partial charge in [0.25, 0.3) is 0 Å². The minimum Gasteiger partial charge on any atom is -0.372 e. The van der Waals surface area contributed by atoms with Crippen LogP contribution in [0.15, 0.2) is 0 Å². The van der Waals surface area contributed by atoms with Crippen molar-refractivity contribution < 1.29 is 4.74 Å². The Morgan fingerprint density at radius 2 is 2.00 bits per heavy atom. The summed E-state index contributed by atoms with van der Waals surface area (Å²) in [6.07, 6.45) is 6.78. The van der Waals surface area contributed by atoms with E-state index in [4.69, 9.17) is 4.74 Å². The van der Waals surface area contributed by atoms with Crippen molar-refractivity contribution in [2.24, 2.45) is 11.3 Å². The standard InChI is InChI=1S/C13H23NO/c1-12(2)8-13(9-12)11(7-10-3-4-10)14-5-6-15-13/h10-11,14H,3-9H2,1-2H3. The van der Waals surface area contributed by atoms with E-state index in [-0.39, 0.29) is 5.60 Å². The third-order valence-electron chi connectivity index (χ3n) is 4.34. The number of hydrogen-bond acceptors (Lipinski definition) is 2. The maximum atomic E-state index is 6.12. The Bertz CT molecular complexity index is 249. The summed E-state index contributed by atoms with van der Waals surface area (Å²) in [5.74, 6) is 1.00. The van der Waals surface area contributed by atoms with Crippen LogP contribution in [0, 0.1) is 11.3 Å². The topological polar surface area (TPSA) is 21.3 Å². The zero-order chi connectivity index (χ0) is 10.5. The lowest BCUT2D eigenvalue weighted by Gasteiger charge is -2.58. The highest BCUT2D eigenvalue weighted by Gasteiger charge is 2.56. The van der Waals surface area contributed by atoms with Gasteiger partial charge < -0.3 is 10.1 Å². The molecule has 2 nitrogen and oxygen atoms in total. The molecule has 2 aliphatic carbocycles. The average Bonchev–Trinajstić information content (AvgIpc) is 2.89. The Morgan fingerprint density at radius 3 is 2.60 bits per heavy atom. The zero-order valence-corrected chi connectivity index (χ0v) is 10.0. The lowest BCUT2D eigenvalue weighted by molar-refractivity contribution is -0.195. The molecule has 0 radical (unpaired) electrons. The van der Waals surface area contributed by atoms with Crippen molar-refractivity contribution >= 4 is 0 Å². The fourth-order valence-electron chi connectivity index (χ4n) is 3.68. The summed E-state index contributed by atoms with van der Waals surface area (Å²) < 4.78 is 6.12. The van der Waals surface area contributed by atoms with E-state index in [2.05, 4.69) is 19.2 Å². The summed E-state index contributed by atoms with van der Waals surface area (Å²) in [5.41, 5.74) is 0.727. The van der Waals surface area contributed by atoms with E-state index in [9.17, 15) is 0 Å². The maximum absolute atomic E-state index is 6.12. The van der Waals surface area contributed by atoms with Crippen molar-refractivity contribution in [3.63, 3.8) is 0 Å². The van der Waals surface area contributed by atoms with Gasteiger partial charge in [0, 0.05) is 12.6 Å². The fraction of sp³-hybridized carbons (Fsp3) is 1.00. The Kier molecular flexibility index (Phi) is 2.16.